The molecule has 3 heterocycles. The third-order valence-electron chi connectivity index (χ3n) is 5.49. The second kappa shape index (κ2) is 8.04. The third-order valence-corrected chi connectivity index (χ3v) is 7.35. The Hall–Kier alpha value is -2.38. The van der Waals surface area contributed by atoms with E-state index in [-0.39, 0.29) is 5.54 Å². The Bertz CT molecular complexity index is 1050. The van der Waals surface area contributed by atoms with Gasteiger partial charge in [-0.25, -0.2) is 4.99 Å². The smallest absolute Gasteiger partial charge is 0.168 e. The van der Waals surface area contributed by atoms with Gasteiger partial charge in [0.1, 0.15) is 5.75 Å². The second-order valence-electron chi connectivity index (χ2n) is 7.92. The number of methoxy groups -OCH3 is 1. The fourth-order valence-corrected chi connectivity index (χ4v) is 5.94. The van der Waals surface area contributed by atoms with E-state index >= 15 is 0 Å². The minimum atomic E-state index is -0.110. The molecule has 0 amide bonds. The normalized spacial score (nSPS) is 21.9. The van der Waals surface area contributed by atoms with Crippen LogP contribution in [0.15, 0.2) is 69.6 Å². The van der Waals surface area contributed by atoms with Gasteiger partial charge >= 0.3 is 0 Å². The molecule has 1 N–H and O–H groups in total. The first-order valence-corrected chi connectivity index (χ1v) is 11.9. The number of benzene rings is 2. The lowest BCUT2D eigenvalue weighted by molar-refractivity contribution is 0.403. The zero-order valence-corrected chi connectivity index (χ0v) is 18.7. The summed E-state index contributed by atoms with van der Waals surface area (Å²) in [6.07, 6.45) is 0.920. The summed E-state index contributed by atoms with van der Waals surface area (Å²) in [6.45, 7) is 4.00. The molecule has 0 aromatic heterocycles. The van der Waals surface area contributed by atoms with Gasteiger partial charge in [0.25, 0.3) is 0 Å². The van der Waals surface area contributed by atoms with Crippen LogP contribution in [-0.2, 0) is 13.0 Å². The molecule has 2 aromatic carbocycles. The Labute approximate surface area is 185 Å². The summed E-state index contributed by atoms with van der Waals surface area (Å²) in [6, 6.07) is 16.6. The average Bonchev–Trinajstić information content (AvgIpc) is 3.29. The standard InChI is InChI=1S/C23H24N4OS2/c1-23(11-16-7-9-19(28-2)10-8-16)15-27-18(14-30-22(27)26-23)13-29-21-24-12-17-5-3-4-6-20(17)25-21/h3-10,14H,11-13,15H2,1-2H3,(H,24,25). The molecule has 7 heteroatoms. The number of fused-ring (bicyclic) bond motifs is 2. The van der Waals surface area contributed by atoms with Gasteiger partial charge in [-0.2, -0.15) is 0 Å². The predicted octanol–water partition coefficient (Wildman–Crippen LogP) is 4.78. The highest BCUT2D eigenvalue weighted by atomic mass is 32.2. The van der Waals surface area contributed by atoms with Gasteiger partial charge in [0, 0.05) is 18.0 Å². The molecular formula is C23H24N4OS2. The van der Waals surface area contributed by atoms with E-state index in [0.29, 0.717) is 0 Å². The molecule has 5 nitrogen and oxygen atoms in total. The monoisotopic (exact) mass is 436 g/mol. The molecule has 3 aliphatic rings. The van der Waals surface area contributed by atoms with Crippen LogP contribution in [-0.4, -0.2) is 40.2 Å². The Balaban J connectivity index is 1.22. The molecule has 0 bridgehead atoms. The van der Waals surface area contributed by atoms with Crippen molar-refractivity contribution in [2.75, 3.05) is 19.4 Å². The molecule has 0 saturated carbocycles. The van der Waals surface area contributed by atoms with Crippen molar-refractivity contribution in [1.82, 2.24) is 10.2 Å². The van der Waals surface area contributed by atoms with Crippen LogP contribution in [0.4, 0.5) is 5.69 Å². The van der Waals surface area contributed by atoms with Gasteiger partial charge in [-0.15, -0.1) is 0 Å². The van der Waals surface area contributed by atoms with Crippen LogP contribution in [0.2, 0.25) is 0 Å². The van der Waals surface area contributed by atoms with Crippen LogP contribution in [0.3, 0.4) is 0 Å². The number of nitrogens with zero attached hydrogens (tertiary/aromatic N) is 3. The average molecular weight is 437 g/mol. The quantitative estimate of drug-likeness (QED) is 0.731. The summed E-state index contributed by atoms with van der Waals surface area (Å²) in [5, 5.41) is 7.78. The molecule has 0 fully saturated rings. The van der Waals surface area contributed by atoms with Crippen LogP contribution in [0.25, 0.3) is 0 Å². The first-order valence-electron chi connectivity index (χ1n) is 10.0. The predicted molar refractivity (Wildman–Crippen MR) is 128 cm³/mol. The summed E-state index contributed by atoms with van der Waals surface area (Å²) in [4.78, 5) is 12.2. The van der Waals surface area contributed by atoms with Crippen LogP contribution in [0.5, 0.6) is 5.75 Å². The van der Waals surface area contributed by atoms with E-state index in [1.54, 1.807) is 30.6 Å². The molecular weight excluding hydrogens is 412 g/mol. The number of ether oxygens (including phenoxy) is 1. The van der Waals surface area contributed by atoms with Gasteiger partial charge < -0.3 is 15.0 Å². The largest absolute Gasteiger partial charge is 0.497 e. The van der Waals surface area contributed by atoms with Gasteiger partial charge in [0.15, 0.2) is 10.3 Å². The maximum Gasteiger partial charge on any atom is 0.168 e. The number of hydrogen-bond donors (Lipinski definition) is 1. The summed E-state index contributed by atoms with van der Waals surface area (Å²) in [7, 11) is 1.70. The summed E-state index contributed by atoms with van der Waals surface area (Å²) in [5.41, 5.74) is 4.81. The van der Waals surface area contributed by atoms with Crippen molar-refractivity contribution in [3.8, 4) is 5.75 Å². The van der Waals surface area contributed by atoms with Crippen LogP contribution in [0, 0.1) is 0 Å². The van der Waals surface area contributed by atoms with Crippen molar-refractivity contribution in [3.63, 3.8) is 0 Å². The molecule has 1 unspecified atom stereocenters. The van der Waals surface area contributed by atoms with Crippen molar-refractivity contribution in [1.29, 1.82) is 0 Å². The van der Waals surface area contributed by atoms with Gasteiger partial charge in [0.2, 0.25) is 0 Å². The number of rotatable bonds is 5. The molecule has 0 aliphatic carbocycles. The van der Waals surface area contributed by atoms with E-state index in [9.17, 15) is 0 Å². The fourth-order valence-electron chi connectivity index (χ4n) is 3.94. The highest BCUT2D eigenvalue weighted by molar-refractivity contribution is 8.17. The third kappa shape index (κ3) is 3.96. The van der Waals surface area contributed by atoms with Crippen molar-refractivity contribution in [2.24, 2.45) is 9.98 Å². The van der Waals surface area contributed by atoms with E-state index in [2.05, 4.69) is 52.9 Å². The maximum absolute atomic E-state index is 5.27. The van der Waals surface area contributed by atoms with Gasteiger partial charge in [-0.05, 0) is 48.1 Å². The van der Waals surface area contributed by atoms with Crippen LogP contribution < -0.4 is 10.1 Å². The van der Waals surface area contributed by atoms with Crippen molar-refractivity contribution in [3.05, 3.63) is 70.8 Å². The number of hydrogen-bond acceptors (Lipinski definition) is 7. The lowest BCUT2D eigenvalue weighted by Gasteiger charge is -2.25. The summed E-state index contributed by atoms with van der Waals surface area (Å²) < 4.78 is 5.27. The highest BCUT2D eigenvalue weighted by Gasteiger charge is 2.39. The van der Waals surface area contributed by atoms with Crippen molar-refractivity contribution >= 4 is 39.5 Å². The van der Waals surface area contributed by atoms with E-state index in [1.807, 2.05) is 18.2 Å². The molecule has 0 saturated heterocycles. The van der Waals surface area contributed by atoms with Gasteiger partial charge in [-0.1, -0.05) is 53.9 Å². The first kappa shape index (κ1) is 19.6. The molecule has 5 rings (SSSR count). The number of aliphatic imine (C=N–C) groups is 2. The number of thioether (sulfide) groups is 2. The lowest BCUT2D eigenvalue weighted by atomic mass is 9.94. The number of nitrogens with one attached hydrogen (secondary N) is 1. The van der Waals surface area contributed by atoms with Crippen molar-refractivity contribution < 1.29 is 4.74 Å². The first-order chi connectivity index (χ1) is 14.6. The molecule has 30 heavy (non-hydrogen) atoms. The zero-order chi connectivity index (χ0) is 20.6. The van der Waals surface area contributed by atoms with E-state index in [1.165, 1.54) is 16.8 Å². The topological polar surface area (TPSA) is 49.2 Å². The lowest BCUT2D eigenvalue weighted by Crippen LogP contribution is -2.34. The van der Waals surface area contributed by atoms with Gasteiger partial charge in [-0.3, -0.25) is 4.99 Å². The highest BCUT2D eigenvalue weighted by Crippen LogP contribution is 2.38. The molecule has 0 spiro atoms. The van der Waals surface area contributed by atoms with Crippen molar-refractivity contribution in [2.45, 2.75) is 25.4 Å². The Morgan fingerprint density at radius 1 is 1.20 bits per heavy atom. The van der Waals surface area contributed by atoms with Gasteiger partial charge in [0.05, 0.1) is 24.9 Å². The van der Waals surface area contributed by atoms with E-state index < -0.39 is 0 Å². The fraction of sp³-hybridized carbons (Fsp3) is 0.304. The Morgan fingerprint density at radius 2 is 2.03 bits per heavy atom. The minimum Gasteiger partial charge on any atom is -0.497 e. The number of para-hydroxylation sites is 1. The number of amidine groups is 2. The Kier molecular flexibility index (Phi) is 5.25. The minimum absolute atomic E-state index is 0.110. The molecule has 0 radical (unpaired) electrons. The molecule has 3 aliphatic heterocycles. The van der Waals surface area contributed by atoms with Crippen LogP contribution >= 0.6 is 23.5 Å². The SMILES string of the molecule is COc1ccc(CC2(C)CN3C(CSC4=Nc5ccccc5CN4)=CSC3=N2)cc1. The summed E-state index contributed by atoms with van der Waals surface area (Å²) >= 11 is 3.50. The molecule has 1 atom stereocenters. The van der Waals surface area contributed by atoms with E-state index in [0.717, 1.165) is 47.0 Å². The zero-order valence-electron chi connectivity index (χ0n) is 17.1. The summed E-state index contributed by atoms with van der Waals surface area (Å²) in [5.74, 6) is 1.78. The van der Waals surface area contributed by atoms with E-state index in [4.69, 9.17) is 14.7 Å². The molecule has 2 aromatic rings. The molecule has 154 valence electrons. The second-order valence-corrected chi connectivity index (χ2v) is 9.72. The Morgan fingerprint density at radius 3 is 2.87 bits per heavy atom. The van der Waals surface area contributed by atoms with Crippen LogP contribution in [0.1, 0.15) is 18.1 Å². The maximum atomic E-state index is 5.27.